The van der Waals surface area contributed by atoms with Crippen molar-refractivity contribution in [1.29, 1.82) is 0 Å². The Labute approximate surface area is 106 Å². The molecule has 0 atom stereocenters. The van der Waals surface area contributed by atoms with E-state index >= 15 is 0 Å². The van der Waals surface area contributed by atoms with Gasteiger partial charge >= 0.3 is 0 Å². The molecule has 0 bridgehead atoms. The third-order valence-electron chi connectivity index (χ3n) is 3.01. The maximum Gasteiger partial charge on any atom is 0.261 e. The number of imide groups is 1. The first-order chi connectivity index (χ1) is 8.09. The summed E-state index contributed by atoms with van der Waals surface area (Å²) in [5.74, 6) is -0.490. The molecule has 4 heteroatoms. The molecule has 1 heterocycles. The van der Waals surface area contributed by atoms with Crippen molar-refractivity contribution < 1.29 is 9.59 Å². The molecule has 0 N–H and O–H groups in total. The zero-order valence-corrected chi connectivity index (χ0v) is 10.6. The van der Waals surface area contributed by atoms with E-state index in [1.807, 2.05) is 18.2 Å². The fraction of sp³-hybridized carbons (Fsp3) is 0.0769. The Morgan fingerprint density at radius 3 is 2.53 bits per heavy atom. The summed E-state index contributed by atoms with van der Waals surface area (Å²) >= 11 is 3.38. The summed E-state index contributed by atoms with van der Waals surface area (Å²) in [5.41, 5.74) is 1.17. The Bertz CT molecular complexity index is 678. The highest BCUT2D eigenvalue weighted by Gasteiger charge is 2.30. The monoisotopic (exact) mass is 289 g/mol. The maximum absolute atomic E-state index is 12.0. The molecule has 0 spiro atoms. The number of nitrogens with zero attached hydrogens (tertiary/aromatic N) is 1. The first-order valence-corrected chi connectivity index (χ1v) is 5.93. The van der Waals surface area contributed by atoms with Crippen molar-refractivity contribution in [1.82, 2.24) is 4.90 Å². The van der Waals surface area contributed by atoms with Crippen LogP contribution in [0.1, 0.15) is 20.7 Å². The van der Waals surface area contributed by atoms with Crippen LogP contribution >= 0.6 is 15.9 Å². The average molecular weight is 290 g/mol. The lowest BCUT2D eigenvalue weighted by Gasteiger charge is -2.23. The Balaban J connectivity index is 2.53. The molecule has 0 aromatic heterocycles. The molecule has 17 heavy (non-hydrogen) atoms. The Kier molecular flexibility index (Phi) is 2.10. The highest BCUT2D eigenvalue weighted by Crippen LogP contribution is 2.32. The van der Waals surface area contributed by atoms with Crippen LogP contribution in [0.4, 0.5) is 0 Å². The van der Waals surface area contributed by atoms with Gasteiger partial charge in [0.2, 0.25) is 0 Å². The zero-order valence-electron chi connectivity index (χ0n) is 9.03. The number of hydrogen-bond acceptors (Lipinski definition) is 2. The molecule has 2 aromatic rings. The maximum atomic E-state index is 12.0. The normalized spacial score (nSPS) is 14.6. The number of hydrogen-bond donors (Lipinski definition) is 0. The number of amides is 2. The van der Waals surface area contributed by atoms with Gasteiger partial charge in [0.25, 0.3) is 11.8 Å². The lowest BCUT2D eigenvalue weighted by molar-refractivity contribution is 0.0650. The van der Waals surface area contributed by atoms with Crippen LogP contribution in [-0.4, -0.2) is 23.8 Å². The van der Waals surface area contributed by atoms with Gasteiger partial charge in [-0.25, -0.2) is 0 Å². The van der Waals surface area contributed by atoms with Gasteiger partial charge in [-0.2, -0.15) is 0 Å². The van der Waals surface area contributed by atoms with Gasteiger partial charge in [0, 0.05) is 28.0 Å². The molecule has 0 saturated carbocycles. The molecule has 0 radical (unpaired) electrons. The molecule has 2 aromatic carbocycles. The van der Waals surface area contributed by atoms with Gasteiger partial charge < -0.3 is 0 Å². The average Bonchev–Trinajstić information content (AvgIpc) is 2.32. The van der Waals surface area contributed by atoms with Crippen LogP contribution < -0.4 is 0 Å². The van der Waals surface area contributed by atoms with Gasteiger partial charge in [-0.1, -0.05) is 28.1 Å². The van der Waals surface area contributed by atoms with Crippen molar-refractivity contribution in [2.45, 2.75) is 0 Å². The largest absolute Gasteiger partial charge is 0.277 e. The van der Waals surface area contributed by atoms with E-state index in [-0.39, 0.29) is 11.8 Å². The third kappa shape index (κ3) is 1.34. The van der Waals surface area contributed by atoms with Gasteiger partial charge in [-0.05, 0) is 23.6 Å². The second-order valence-electron chi connectivity index (χ2n) is 4.03. The van der Waals surface area contributed by atoms with Crippen molar-refractivity contribution in [3.05, 3.63) is 45.9 Å². The van der Waals surface area contributed by atoms with Crippen LogP contribution in [0.5, 0.6) is 0 Å². The van der Waals surface area contributed by atoms with Crippen molar-refractivity contribution >= 4 is 38.5 Å². The SMILES string of the molecule is CN1C(=O)c2cccc3cc(Br)cc(c23)C1=O. The van der Waals surface area contributed by atoms with Crippen LogP contribution in [0.25, 0.3) is 10.8 Å². The molecule has 1 aliphatic heterocycles. The van der Waals surface area contributed by atoms with Crippen LogP contribution in [0.15, 0.2) is 34.8 Å². The Hall–Kier alpha value is -1.68. The zero-order chi connectivity index (χ0) is 12.2. The van der Waals surface area contributed by atoms with Crippen molar-refractivity contribution in [2.75, 3.05) is 7.05 Å². The fourth-order valence-corrected chi connectivity index (χ4v) is 2.67. The Morgan fingerprint density at radius 2 is 1.76 bits per heavy atom. The fourth-order valence-electron chi connectivity index (χ4n) is 2.19. The molecule has 2 amide bonds. The third-order valence-corrected chi connectivity index (χ3v) is 3.47. The van der Waals surface area contributed by atoms with Crippen molar-refractivity contribution in [2.24, 2.45) is 0 Å². The number of rotatable bonds is 0. The smallest absolute Gasteiger partial charge is 0.261 e. The van der Waals surface area contributed by atoms with E-state index < -0.39 is 0 Å². The van der Waals surface area contributed by atoms with E-state index in [1.165, 1.54) is 7.05 Å². The van der Waals surface area contributed by atoms with E-state index in [2.05, 4.69) is 15.9 Å². The molecular formula is C13H8BrNO2. The van der Waals surface area contributed by atoms with Crippen molar-refractivity contribution in [3.8, 4) is 0 Å². The summed E-state index contributed by atoms with van der Waals surface area (Å²) in [7, 11) is 1.51. The lowest BCUT2D eigenvalue weighted by Crippen LogP contribution is -2.36. The van der Waals surface area contributed by atoms with Gasteiger partial charge in [0.1, 0.15) is 0 Å². The van der Waals surface area contributed by atoms with Crippen molar-refractivity contribution in [3.63, 3.8) is 0 Å². The molecule has 0 unspecified atom stereocenters. The molecule has 84 valence electrons. The first kappa shape index (κ1) is 10.5. The molecule has 0 aliphatic carbocycles. The topological polar surface area (TPSA) is 37.4 Å². The molecular weight excluding hydrogens is 282 g/mol. The molecule has 0 saturated heterocycles. The summed E-state index contributed by atoms with van der Waals surface area (Å²) in [4.78, 5) is 25.2. The van der Waals surface area contributed by atoms with Crippen LogP contribution in [0.2, 0.25) is 0 Å². The lowest BCUT2D eigenvalue weighted by atomic mass is 9.94. The minimum absolute atomic E-state index is 0.240. The van der Waals surface area contributed by atoms with Crippen LogP contribution in [0, 0.1) is 0 Å². The predicted octanol–water partition coefficient (Wildman–Crippen LogP) is 2.83. The molecule has 0 fully saturated rings. The molecule has 1 aliphatic rings. The summed E-state index contributed by atoms with van der Waals surface area (Å²) in [5, 5.41) is 1.66. The number of carbonyl (C=O) groups excluding carboxylic acids is 2. The minimum Gasteiger partial charge on any atom is -0.277 e. The second kappa shape index (κ2) is 3.40. The van der Waals surface area contributed by atoms with Gasteiger partial charge in [-0.3, -0.25) is 14.5 Å². The minimum atomic E-state index is -0.250. The van der Waals surface area contributed by atoms with Crippen LogP contribution in [-0.2, 0) is 0 Å². The first-order valence-electron chi connectivity index (χ1n) is 5.14. The van der Waals surface area contributed by atoms with E-state index in [9.17, 15) is 9.59 Å². The van der Waals surface area contributed by atoms with E-state index in [0.29, 0.717) is 11.1 Å². The summed E-state index contributed by atoms with van der Waals surface area (Å²) in [6.45, 7) is 0. The summed E-state index contributed by atoms with van der Waals surface area (Å²) < 4.78 is 0.841. The highest BCUT2D eigenvalue weighted by atomic mass is 79.9. The predicted molar refractivity (Wildman–Crippen MR) is 68.1 cm³/mol. The summed E-state index contributed by atoms with van der Waals surface area (Å²) in [6.07, 6.45) is 0. The molecule has 3 rings (SSSR count). The second-order valence-corrected chi connectivity index (χ2v) is 4.94. The standard InChI is InChI=1S/C13H8BrNO2/c1-15-12(16)9-4-2-3-7-5-8(14)6-10(11(7)9)13(15)17/h2-6H,1H3. The number of carbonyl (C=O) groups is 2. The van der Waals surface area contributed by atoms with E-state index in [1.54, 1.807) is 12.1 Å². The van der Waals surface area contributed by atoms with E-state index in [4.69, 9.17) is 0 Å². The van der Waals surface area contributed by atoms with Gasteiger partial charge in [0.15, 0.2) is 0 Å². The van der Waals surface area contributed by atoms with Crippen LogP contribution in [0.3, 0.4) is 0 Å². The molecule has 3 nitrogen and oxygen atoms in total. The van der Waals surface area contributed by atoms with E-state index in [0.717, 1.165) is 20.1 Å². The van der Waals surface area contributed by atoms with Gasteiger partial charge in [-0.15, -0.1) is 0 Å². The highest BCUT2D eigenvalue weighted by molar-refractivity contribution is 9.10. The Morgan fingerprint density at radius 1 is 1.06 bits per heavy atom. The van der Waals surface area contributed by atoms with Gasteiger partial charge in [0.05, 0.1) is 0 Å². The number of benzene rings is 2. The number of halogens is 1. The quantitative estimate of drug-likeness (QED) is 0.700. The summed E-state index contributed by atoms with van der Waals surface area (Å²) in [6, 6.07) is 9.16.